The number of pyridine rings is 1. The Hall–Kier alpha value is -3.10. The zero-order valence-electron chi connectivity index (χ0n) is 16.7. The fourth-order valence-corrected chi connectivity index (χ4v) is 4.15. The molecule has 0 bridgehead atoms. The van der Waals surface area contributed by atoms with Crippen molar-refractivity contribution >= 4 is 11.6 Å². The molecule has 3 heteroatoms. The van der Waals surface area contributed by atoms with E-state index in [1.54, 1.807) is 4.57 Å². The molecule has 0 spiro atoms. The Labute approximate surface area is 182 Å². The molecule has 0 radical (unpaired) electrons. The van der Waals surface area contributed by atoms with Crippen LogP contribution in [-0.2, 0) is 13.0 Å². The SMILES string of the molecule is O=c1c(Cl)cc(C(c2ccccc2)c2ccccc2)cn1CCCc1ccccc1. The van der Waals surface area contributed by atoms with Crippen LogP contribution in [-0.4, -0.2) is 4.57 Å². The van der Waals surface area contributed by atoms with Gasteiger partial charge in [-0.15, -0.1) is 0 Å². The van der Waals surface area contributed by atoms with Gasteiger partial charge in [-0.05, 0) is 41.2 Å². The molecule has 0 atom stereocenters. The second-order valence-corrected chi connectivity index (χ2v) is 7.87. The molecule has 0 unspecified atom stereocenters. The van der Waals surface area contributed by atoms with Crippen LogP contribution in [0.2, 0.25) is 5.02 Å². The number of aromatic nitrogens is 1. The fraction of sp³-hybridized carbons (Fsp3) is 0.148. The lowest BCUT2D eigenvalue weighted by molar-refractivity contribution is 0.617. The predicted molar refractivity (Wildman–Crippen MR) is 124 cm³/mol. The number of benzene rings is 3. The lowest BCUT2D eigenvalue weighted by Crippen LogP contribution is -2.22. The van der Waals surface area contributed by atoms with Crippen LogP contribution in [0.1, 0.15) is 34.6 Å². The zero-order chi connectivity index (χ0) is 20.8. The van der Waals surface area contributed by atoms with Crippen LogP contribution < -0.4 is 5.56 Å². The van der Waals surface area contributed by atoms with E-state index in [4.69, 9.17) is 11.6 Å². The quantitative estimate of drug-likeness (QED) is 0.347. The average molecular weight is 414 g/mol. The first kappa shape index (κ1) is 20.2. The molecule has 30 heavy (non-hydrogen) atoms. The average Bonchev–Trinajstić information content (AvgIpc) is 2.79. The van der Waals surface area contributed by atoms with E-state index in [2.05, 4.69) is 36.4 Å². The first-order chi connectivity index (χ1) is 14.7. The first-order valence-corrected chi connectivity index (χ1v) is 10.6. The summed E-state index contributed by atoms with van der Waals surface area (Å²) in [5, 5.41) is 0.268. The summed E-state index contributed by atoms with van der Waals surface area (Å²) >= 11 is 6.40. The van der Waals surface area contributed by atoms with Gasteiger partial charge in [-0.2, -0.15) is 0 Å². The molecule has 0 aliphatic rings. The maximum atomic E-state index is 12.7. The van der Waals surface area contributed by atoms with Crippen molar-refractivity contribution in [3.63, 3.8) is 0 Å². The van der Waals surface area contributed by atoms with Gasteiger partial charge in [0.25, 0.3) is 5.56 Å². The van der Waals surface area contributed by atoms with Crippen molar-refractivity contribution in [1.29, 1.82) is 0 Å². The van der Waals surface area contributed by atoms with Crippen molar-refractivity contribution in [2.75, 3.05) is 0 Å². The van der Waals surface area contributed by atoms with Gasteiger partial charge in [0.05, 0.1) is 0 Å². The maximum Gasteiger partial charge on any atom is 0.269 e. The van der Waals surface area contributed by atoms with Gasteiger partial charge in [-0.1, -0.05) is 103 Å². The summed E-state index contributed by atoms with van der Waals surface area (Å²) in [4.78, 5) is 12.7. The van der Waals surface area contributed by atoms with E-state index >= 15 is 0 Å². The van der Waals surface area contributed by atoms with E-state index in [9.17, 15) is 4.79 Å². The third-order valence-electron chi connectivity index (χ3n) is 5.37. The normalized spacial score (nSPS) is 11.0. The summed E-state index contributed by atoms with van der Waals surface area (Å²) < 4.78 is 1.76. The molecule has 0 aliphatic carbocycles. The van der Waals surface area contributed by atoms with Crippen LogP contribution in [0.25, 0.3) is 0 Å². The Morgan fingerprint density at radius 1 is 0.733 bits per heavy atom. The number of halogens is 1. The summed E-state index contributed by atoms with van der Waals surface area (Å²) in [6.07, 6.45) is 3.78. The van der Waals surface area contributed by atoms with Gasteiger partial charge in [0, 0.05) is 18.7 Å². The van der Waals surface area contributed by atoms with Crippen molar-refractivity contribution in [2.45, 2.75) is 25.3 Å². The smallest absolute Gasteiger partial charge is 0.269 e. The van der Waals surface area contributed by atoms with Crippen molar-refractivity contribution in [2.24, 2.45) is 0 Å². The lowest BCUT2D eigenvalue weighted by atomic mass is 9.86. The molecule has 4 aromatic rings. The Kier molecular flexibility index (Phi) is 6.46. The monoisotopic (exact) mass is 413 g/mol. The van der Waals surface area contributed by atoms with Crippen LogP contribution in [0.5, 0.6) is 0 Å². The number of hydrogen-bond donors (Lipinski definition) is 0. The van der Waals surface area contributed by atoms with Crippen LogP contribution in [0, 0.1) is 0 Å². The minimum atomic E-state index is -0.131. The Balaban J connectivity index is 1.67. The molecule has 4 rings (SSSR count). The van der Waals surface area contributed by atoms with Crippen LogP contribution in [0.4, 0.5) is 0 Å². The minimum Gasteiger partial charge on any atom is -0.314 e. The molecule has 150 valence electrons. The molecular weight excluding hydrogens is 390 g/mol. The third kappa shape index (κ3) is 4.72. The highest BCUT2D eigenvalue weighted by atomic mass is 35.5. The fourth-order valence-electron chi connectivity index (χ4n) is 3.91. The highest BCUT2D eigenvalue weighted by molar-refractivity contribution is 6.30. The van der Waals surface area contributed by atoms with E-state index < -0.39 is 0 Å². The van der Waals surface area contributed by atoms with Crippen molar-refractivity contribution in [3.05, 3.63) is 141 Å². The second kappa shape index (κ2) is 9.60. The summed E-state index contributed by atoms with van der Waals surface area (Å²) in [6, 6.07) is 32.9. The summed E-state index contributed by atoms with van der Waals surface area (Å²) in [7, 11) is 0. The topological polar surface area (TPSA) is 22.0 Å². The van der Waals surface area contributed by atoms with Crippen molar-refractivity contribution < 1.29 is 0 Å². The summed E-state index contributed by atoms with van der Waals surface area (Å²) in [5.74, 6) is 0.0193. The Bertz CT molecular complexity index is 1100. The number of nitrogens with zero attached hydrogens (tertiary/aromatic N) is 1. The third-order valence-corrected chi connectivity index (χ3v) is 5.64. The van der Waals surface area contributed by atoms with Gasteiger partial charge in [0.1, 0.15) is 5.02 Å². The van der Waals surface area contributed by atoms with Crippen LogP contribution >= 0.6 is 11.6 Å². The highest BCUT2D eigenvalue weighted by Crippen LogP contribution is 2.32. The largest absolute Gasteiger partial charge is 0.314 e. The first-order valence-electron chi connectivity index (χ1n) is 10.3. The lowest BCUT2D eigenvalue weighted by Gasteiger charge is -2.20. The molecule has 0 amide bonds. The number of aryl methyl sites for hydroxylation is 2. The molecular formula is C27H24ClNO. The van der Waals surface area contributed by atoms with Gasteiger partial charge in [-0.3, -0.25) is 4.79 Å². The van der Waals surface area contributed by atoms with Gasteiger partial charge in [0.2, 0.25) is 0 Å². The van der Waals surface area contributed by atoms with Crippen LogP contribution in [0.15, 0.2) is 108 Å². The van der Waals surface area contributed by atoms with E-state index in [-0.39, 0.29) is 16.5 Å². The predicted octanol–water partition coefficient (Wildman–Crippen LogP) is 6.31. The van der Waals surface area contributed by atoms with Gasteiger partial charge in [0.15, 0.2) is 0 Å². The molecule has 0 N–H and O–H groups in total. The molecule has 1 aromatic heterocycles. The van der Waals surface area contributed by atoms with Gasteiger partial charge in [-0.25, -0.2) is 0 Å². The molecule has 0 saturated carbocycles. The van der Waals surface area contributed by atoms with E-state index in [1.165, 1.54) is 16.7 Å². The second-order valence-electron chi connectivity index (χ2n) is 7.46. The molecule has 2 nitrogen and oxygen atoms in total. The standard InChI is InChI=1S/C27H24ClNO/c28-25-19-24(20-29(27(25)30)18-10-13-21-11-4-1-5-12-21)26(22-14-6-2-7-15-22)23-16-8-3-9-17-23/h1-9,11-12,14-17,19-20,26H,10,13,18H2. The molecule has 1 heterocycles. The maximum absolute atomic E-state index is 12.7. The summed E-state index contributed by atoms with van der Waals surface area (Å²) in [5.41, 5.74) is 4.52. The summed E-state index contributed by atoms with van der Waals surface area (Å²) in [6.45, 7) is 0.636. The van der Waals surface area contributed by atoms with E-state index in [0.29, 0.717) is 6.54 Å². The Morgan fingerprint density at radius 3 is 1.83 bits per heavy atom. The number of rotatable bonds is 7. The van der Waals surface area contributed by atoms with Crippen molar-refractivity contribution in [3.8, 4) is 0 Å². The number of hydrogen-bond acceptors (Lipinski definition) is 1. The molecule has 0 saturated heterocycles. The van der Waals surface area contributed by atoms with E-state index in [1.807, 2.05) is 66.9 Å². The van der Waals surface area contributed by atoms with Crippen LogP contribution in [0.3, 0.4) is 0 Å². The van der Waals surface area contributed by atoms with Gasteiger partial charge < -0.3 is 4.57 Å². The molecule has 3 aromatic carbocycles. The van der Waals surface area contributed by atoms with Gasteiger partial charge >= 0.3 is 0 Å². The highest BCUT2D eigenvalue weighted by Gasteiger charge is 2.19. The Morgan fingerprint density at radius 2 is 1.27 bits per heavy atom. The molecule has 0 fully saturated rings. The van der Waals surface area contributed by atoms with Crippen molar-refractivity contribution in [1.82, 2.24) is 4.57 Å². The van der Waals surface area contributed by atoms with E-state index in [0.717, 1.165) is 18.4 Å². The minimum absolute atomic E-state index is 0.0193. The zero-order valence-corrected chi connectivity index (χ0v) is 17.5. The molecule has 0 aliphatic heterocycles.